The molecule has 0 spiro atoms. The Hall–Kier alpha value is -2.63. The minimum atomic E-state index is 0.0119. The first-order valence-electron chi connectivity index (χ1n) is 9.07. The largest absolute Gasteiger partial charge is 0.395 e. The molecule has 2 heterocycles. The average molecular weight is 349 g/mol. The number of nitrogens with one attached hydrogen (secondary N) is 3. The van der Waals surface area contributed by atoms with Crippen molar-refractivity contribution in [2.24, 2.45) is 0 Å². The normalized spacial score (nSPS) is 13.2. The van der Waals surface area contributed by atoms with Crippen molar-refractivity contribution in [3.63, 3.8) is 0 Å². The van der Waals surface area contributed by atoms with Crippen molar-refractivity contribution >= 4 is 16.8 Å². The number of amides is 1. The summed E-state index contributed by atoms with van der Waals surface area (Å²) < 4.78 is 0. The fourth-order valence-corrected chi connectivity index (χ4v) is 3.71. The van der Waals surface area contributed by atoms with E-state index in [2.05, 4.69) is 58.9 Å². The number of aryl methyl sites for hydroxylation is 1. The highest BCUT2D eigenvalue weighted by Crippen LogP contribution is 2.33. The summed E-state index contributed by atoms with van der Waals surface area (Å²) >= 11 is 0. The lowest BCUT2D eigenvalue weighted by atomic mass is 9.95. The van der Waals surface area contributed by atoms with Crippen LogP contribution in [0.4, 0.5) is 0 Å². The number of hydrogen-bond acceptors (Lipinski definition) is 3. The quantitative estimate of drug-likeness (QED) is 0.517. The molecule has 1 aliphatic heterocycles. The summed E-state index contributed by atoms with van der Waals surface area (Å²) in [5.74, 6) is 0.0119. The maximum absolute atomic E-state index is 12.4. The van der Waals surface area contributed by atoms with E-state index in [-0.39, 0.29) is 12.5 Å². The predicted octanol–water partition coefficient (Wildman–Crippen LogP) is 2.72. The van der Waals surface area contributed by atoms with Gasteiger partial charge in [0.15, 0.2) is 0 Å². The molecule has 5 heteroatoms. The van der Waals surface area contributed by atoms with Crippen LogP contribution in [-0.2, 0) is 19.5 Å². The second-order valence-corrected chi connectivity index (χ2v) is 6.67. The van der Waals surface area contributed by atoms with Crippen LogP contribution in [0.1, 0.15) is 34.0 Å². The molecule has 0 atom stereocenters. The maximum Gasteiger partial charge on any atom is 0.252 e. The molecule has 3 aromatic rings. The molecule has 1 aromatic heterocycles. The van der Waals surface area contributed by atoms with Crippen molar-refractivity contribution in [3.8, 4) is 11.3 Å². The van der Waals surface area contributed by atoms with E-state index >= 15 is 0 Å². The van der Waals surface area contributed by atoms with E-state index in [4.69, 9.17) is 5.11 Å². The first kappa shape index (κ1) is 16.8. The van der Waals surface area contributed by atoms with Crippen molar-refractivity contribution in [3.05, 3.63) is 58.7 Å². The Labute approximate surface area is 152 Å². The Kier molecular flexibility index (Phi) is 4.49. The molecule has 4 rings (SSSR count). The molecule has 0 saturated heterocycles. The Balaban J connectivity index is 1.74. The van der Waals surface area contributed by atoms with Gasteiger partial charge in [0.1, 0.15) is 0 Å². The summed E-state index contributed by atoms with van der Waals surface area (Å²) in [6.07, 6.45) is 0.925. The lowest BCUT2D eigenvalue weighted by Gasteiger charge is -2.09. The van der Waals surface area contributed by atoms with Crippen molar-refractivity contribution in [2.45, 2.75) is 26.4 Å². The molecule has 1 aliphatic rings. The highest BCUT2D eigenvalue weighted by molar-refractivity contribution is 6.05. The summed E-state index contributed by atoms with van der Waals surface area (Å²) in [5.41, 5.74) is 7.32. The van der Waals surface area contributed by atoms with Crippen molar-refractivity contribution in [1.29, 1.82) is 0 Å². The first-order chi connectivity index (χ1) is 12.7. The number of fused-ring (bicyclic) bond motifs is 2. The van der Waals surface area contributed by atoms with Crippen LogP contribution < -0.4 is 10.6 Å². The van der Waals surface area contributed by atoms with Gasteiger partial charge in [0.05, 0.1) is 12.2 Å². The molecule has 1 amide bonds. The van der Waals surface area contributed by atoms with Gasteiger partial charge in [-0.2, -0.15) is 0 Å². The van der Waals surface area contributed by atoms with Crippen LogP contribution in [0.2, 0.25) is 0 Å². The number of carbonyl (C=O) groups excluding carboxylic acids is 1. The van der Waals surface area contributed by atoms with Gasteiger partial charge in [-0.05, 0) is 41.3 Å². The highest BCUT2D eigenvalue weighted by atomic mass is 16.3. The summed E-state index contributed by atoms with van der Waals surface area (Å²) in [4.78, 5) is 15.8. The third-order valence-corrected chi connectivity index (χ3v) is 5.04. The fraction of sp³-hybridized carbons (Fsp3) is 0.286. The van der Waals surface area contributed by atoms with Crippen molar-refractivity contribution in [2.75, 3.05) is 13.2 Å². The molecular weight excluding hydrogens is 326 g/mol. The molecule has 0 bridgehead atoms. The fourth-order valence-electron chi connectivity index (χ4n) is 3.71. The number of aliphatic hydroxyl groups excluding tert-OH is 1. The third-order valence-electron chi connectivity index (χ3n) is 5.04. The topological polar surface area (TPSA) is 77.2 Å². The molecule has 0 aliphatic carbocycles. The second kappa shape index (κ2) is 6.94. The van der Waals surface area contributed by atoms with Gasteiger partial charge in [0, 0.05) is 41.8 Å². The number of benzene rings is 2. The smallest absolute Gasteiger partial charge is 0.252 e. The van der Waals surface area contributed by atoms with Gasteiger partial charge in [0.25, 0.3) is 5.91 Å². The molecular formula is C21H23N3O2. The van der Waals surface area contributed by atoms with E-state index in [1.165, 1.54) is 11.1 Å². The van der Waals surface area contributed by atoms with E-state index in [1.807, 2.05) is 0 Å². The van der Waals surface area contributed by atoms with Gasteiger partial charge >= 0.3 is 0 Å². The number of rotatable bonds is 6. The minimum Gasteiger partial charge on any atom is -0.395 e. The number of aromatic amines is 1. The van der Waals surface area contributed by atoms with Gasteiger partial charge in [0.2, 0.25) is 0 Å². The number of carbonyl (C=O) groups is 1. The van der Waals surface area contributed by atoms with Gasteiger partial charge in [-0.25, -0.2) is 0 Å². The number of aromatic nitrogens is 1. The Bertz CT molecular complexity index is 975. The van der Waals surface area contributed by atoms with Gasteiger partial charge in [-0.3, -0.25) is 4.79 Å². The van der Waals surface area contributed by atoms with Crippen LogP contribution in [-0.4, -0.2) is 29.1 Å². The zero-order valence-electron chi connectivity index (χ0n) is 14.9. The molecule has 0 unspecified atom stereocenters. The van der Waals surface area contributed by atoms with Crippen LogP contribution >= 0.6 is 0 Å². The molecule has 134 valence electrons. The first-order valence-corrected chi connectivity index (χ1v) is 9.07. The molecule has 0 fully saturated rings. The highest BCUT2D eigenvalue weighted by Gasteiger charge is 2.25. The lowest BCUT2D eigenvalue weighted by Crippen LogP contribution is -2.17. The second-order valence-electron chi connectivity index (χ2n) is 6.67. The summed E-state index contributed by atoms with van der Waals surface area (Å²) in [5, 5.41) is 16.2. The Morgan fingerprint density at radius 3 is 2.88 bits per heavy atom. The van der Waals surface area contributed by atoms with Gasteiger partial charge < -0.3 is 20.7 Å². The van der Waals surface area contributed by atoms with E-state index in [0.29, 0.717) is 13.1 Å². The Morgan fingerprint density at radius 1 is 1.19 bits per heavy atom. The number of hydrogen-bond donors (Lipinski definition) is 4. The zero-order valence-corrected chi connectivity index (χ0v) is 14.9. The summed E-state index contributed by atoms with van der Waals surface area (Å²) in [6.45, 7) is 4.18. The van der Waals surface area contributed by atoms with E-state index < -0.39 is 0 Å². The lowest BCUT2D eigenvalue weighted by molar-refractivity contribution is 0.0966. The number of aliphatic hydroxyl groups is 1. The monoisotopic (exact) mass is 349 g/mol. The van der Waals surface area contributed by atoms with E-state index in [9.17, 15) is 4.79 Å². The van der Waals surface area contributed by atoms with Crippen LogP contribution in [0.3, 0.4) is 0 Å². The third kappa shape index (κ3) is 2.89. The van der Waals surface area contributed by atoms with Gasteiger partial charge in [-0.1, -0.05) is 25.1 Å². The van der Waals surface area contributed by atoms with Crippen LogP contribution in [0, 0.1) is 0 Å². The summed E-state index contributed by atoms with van der Waals surface area (Å²) in [7, 11) is 0. The summed E-state index contributed by atoms with van der Waals surface area (Å²) in [6, 6.07) is 12.6. The van der Waals surface area contributed by atoms with Crippen LogP contribution in [0.25, 0.3) is 22.2 Å². The molecule has 2 aromatic carbocycles. The molecule has 26 heavy (non-hydrogen) atoms. The van der Waals surface area contributed by atoms with E-state index in [1.54, 1.807) is 0 Å². The number of H-pyrrole nitrogens is 1. The molecule has 5 nitrogen and oxygen atoms in total. The maximum atomic E-state index is 12.4. The Morgan fingerprint density at radius 2 is 2.08 bits per heavy atom. The zero-order chi connectivity index (χ0) is 18.1. The van der Waals surface area contributed by atoms with E-state index in [0.717, 1.165) is 46.3 Å². The molecule has 4 N–H and O–H groups in total. The van der Waals surface area contributed by atoms with Crippen LogP contribution in [0.5, 0.6) is 0 Å². The average Bonchev–Trinajstić information content (AvgIpc) is 3.25. The minimum absolute atomic E-state index is 0.0119. The molecule has 0 saturated carbocycles. The molecule has 0 radical (unpaired) electrons. The van der Waals surface area contributed by atoms with Crippen LogP contribution in [0.15, 0.2) is 36.4 Å². The standard InChI is InChI=1S/C21H23N3O2/c1-2-14-4-5-16(20-17(14)12-23-21(20)26)19-10-15-9-13(11-22-7-8-25)3-6-18(15)24-19/h3-6,9-10,22,24-25H,2,7-8,11-12H2,1H3,(H,23,26). The van der Waals surface area contributed by atoms with Gasteiger partial charge in [-0.15, -0.1) is 0 Å². The SMILES string of the molecule is CCc1ccc(-c2cc3cc(CNCCO)ccc3[nH]2)c2c1CNC2=O. The van der Waals surface area contributed by atoms with Crippen molar-refractivity contribution < 1.29 is 9.90 Å². The van der Waals surface area contributed by atoms with Crippen molar-refractivity contribution in [1.82, 2.24) is 15.6 Å². The predicted molar refractivity (Wildman–Crippen MR) is 103 cm³/mol.